The van der Waals surface area contributed by atoms with E-state index in [-0.39, 0.29) is 5.91 Å². The van der Waals surface area contributed by atoms with Crippen molar-refractivity contribution in [1.82, 2.24) is 10.6 Å². The van der Waals surface area contributed by atoms with Crippen molar-refractivity contribution in [1.29, 1.82) is 0 Å². The Hall–Kier alpha value is -1.14. The first-order valence-electron chi connectivity index (χ1n) is 7.06. The molecule has 2 aliphatic heterocycles. The number of ether oxygens (including phenoxy) is 2. The van der Waals surface area contributed by atoms with E-state index in [2.05, 4.69) is 10.6 Å². The minimum absolute atomic E-state index is 0.215. The number of carbonyl (C=O) groups is 2. The Balaban J connectivity index is 0.000000637. The molecule has 6 heteroatoms. The second-order valence-corrected chi connectivity index (χ2v) is 4.95. The number of hydrogen-bond donors (Lipinski definition) is 2. The first-order chi connectivity index (χ1) is 9.14. The van der Waals surface area contributed by atoms with Crippen molar-refractivity contribution >= 4 is 11.9 Å². The molecule has 2 heterocycles. The third-order valence-electron chi connectivity index (χ3n) is 3.90. The van der Waals surface area contributed by atoms with Crippen LogP contribution in [0.2, 0.25) is 0 Å². The lowest BCUT2D eigenvalue weighted by molar-refractivity contribution is -0.283. The minimum atomic E-state index is -0.730. The van der Waals surface area contributed by atoms with Crippen LogP contribution in [0.1, 0.15) is 46.0 Å². The average Bonchev–Trinajstić information content (AvgIpc) is 2.72. The molecule has 2 N–H and O–H groups in total. The van der Waals surface area contributed by atoms with E-state index in [9.17, 15) is 9.59 Å². The number of imide groups is 1. The number of rotatable bonds is 0. The van der Waals surface area contributed by atoms with Gasteiger partial charge in [-0.1, -0.05) is 13.8 Å². The quantitative estimate of drug-likeness (QED) is 0.650. The molecule has 2 saturated heterocycles. The molecule has 108 valence electrons. The van der Waals surface area contributed by atoms with Crippen LogP contribution in [0.4, 0.5) is 4.79 Å². The number of hydrogen-bond acceptors (Lipinski definition) is 4. The molecular weight excluding hydrogens is 248 g/mol. The van der Waals surface area contributed by atoms with Crippen molar-refractivity contribution in [2.45, 2.75) is 57.3 Å². The van der Waals surface area contributed by atoms with Crippen LogP contribution in [0.25, 0.3) is 0 Å². The number of nitrogens with one attached hydrogen (secondary N) is 2. The zero-order valence-corrected chi connectivity index (χ0v) is 11.6. The fourth-order valence-electron chi connectivity index (χ4n) is 2.84. The van der Waals surface area contributed by atoms with Gasteiger partial charge in [-0.05, 0) is 19.3 Å². The summed E-state index contributed by atoms with van der Waals surface area (Å²) in [4.78, 5) is 22.9. The van der Waals surface area contributed by atoms with Crippen LogP contribution < -0.4 is 10.6 Å². The fourth-order valence-corrected chi connectivity index (χ4v) is 2.84. The fraction of sp³-hybridized carbons (Fsp3) is 0.846. The second-order valence-electron chi connectivity index (χ2n) is 4.95. The molecule has 3 rings (SSSR count). The van der Waals surface area contributed by atoms with Gasteiger partial charge in [-0.3, -0.25) is 10.1 Å². The van der Waals surface area contributed by atoms with Gasteiger partial charge in [0.15, 0.2) is 5.79 Å². The van der Waals surface area contributed by atoms with Crippen LogP contribution in [0.3, 0.4) is 0 Å². The van der Waals surface area contributed by atoms with Gasteiger partial charge in [-0.2, -0.15) is 0 Å². The Morgan fingerprint density at radius 3 is 2.05 bits per heavy atom. The molecule has 0 radical (unpaired) electrons. The van der Waals surface area contributed by atoms with Gasteiger partial charge in [0.25, 0.3) is 5.91 Å². The molecule has 0 bridgehead atoms. The maximum atomic E-state index is 11.8. The highest BCUT2D eigenvalue weighted by molar-refractivity contribution is 6.07. The molecule has 0 aromatic rings. The van der Waals surface area contributed by atoms with E-state index in [0.29, 0.717) is 38.9 Å². The van der Waals surface area contributed by atoms with Crippen LogP contribution in [0.5, 0.6) is 0 Å². The van der Waals surface area contributed by atoms with Gasteiger partial charge < -0.3 is 14.8 Å². The zero-order valence-electron chi connectivity index (χ0n) is 11.6. The van der Waals surface area contributed by atoms with Crippen molar-refractivity contribution < 1.29 is 19.1 Å². The molecule has 0 atom stereocenters. The second kappa shape index (κ2) is 5.46. The lowest BCUT2D eigenvalue weighted by Crippen LogP contribution is -2.55. The van der Waals surface area contributed by atoms with Crippen molar-refractivity contribution in [3.8, 4) is 0 Å². The Morgan fingerprint density at radius 2 is 1.58 bits per heavy atom. The van der Waals surface area contributed by atoms with Gasteiger partial charge in [-0.25, -0.2) is 4.79 Å². The lowest BCUT2D eigenvalue weighted by Gasteiger charge is -2.44. The Morgan fingerprint density at radius 1 is 1.00 bits per heavy atom. The zero-order chi connectivity index (χ0) is 13.9. The predicted octanol–water partition coefficient (Wildman–Crippen LogP) is 1.30. The first-order valence-corrected chi connectivity index (χ1v) is 7.06. The molecule has 1 aliphatic carbocycles. The average molecular weight is 270 g/mol. The summed E-state index contributed by atoms with van der Waals surface area (Å²) in [5, 5.41) is 5.03. The molecular formula is C13H22N2O4. The van der Waals surface area contributed by atoms with E-state index in [0.717, 1.165) is 6.42 Å². The standard InChI is InChI=1S/C11H16N2O4.C2H6/c14-8-10(13-9(15)12-8)2-4-11(5-3-10)16-6-1-7-17-11;1-2/h1-7H2,(H2,12,13,14,15);1-2H3. The highest BCUT2D eigenvalue weighted by Crippen LogP contribution is 2.40. The molecule has 3 amide bonds. The van der Waals surface area contributed by atoms with Crippen molar-refractivity contribution in [2.75, 3.05) is 13.2 Å². The molecule has 0 aromatic heterocycles. The van der Waals surface area contributed by atoms with Gasteiger partial charge in [0.2, 0.25) is 0 Å². The van der Waals surface area contributed by atoms with Crippen LogP contribution in [-0.2, 0) is 14.3 Å². The third kappa shape index (κ3) is 2.60. The smallest absolute Gasteiger partial charge is 0.322 e. The van der Waals surface area contributed by atoms with Crippen molar-refractivity contribution in [3.05, 3.63) is 0 Å². The maximum absolute atomic E-state index is 11.8. The number of urea groups is 1. The monoisotopic (exact) mass is 270 g/mol. The summed E-state index contributed by atoms with van der Waals surface area (Å²) in [7, 11) is 0. The number of carbonyl (C=O) groups excluding carboxylic acids is 2. The predicted molar refractivity (Wildman–Crippen MR) is 68.5 cm³/mol. The van der Waals surface area contributed by atoms with Crippen LogP contribution in [-0.4, -0.2) is 36.5 Å². The maximum Gasteiger partial charge on any atom is 0.322 e. The van der Waals surface area contributed by atoms with Crippen molar-refractivity contribution in [2.24, 2.45) is 0 Å². The minimum Gasteiger partial charge on any atom is -0.350 e. The summed E-state index contributed by atoms with van der Waals surface area (Å²) in [6, 6.07) is -0.392. The molecule has 1 saturated carbocycles. The van der Waals surface area contributed by atoms with Crippen LogP contribution >= 0.6 is 0 Å². The first kappa shape index (κ1) is 14.3. The summed E-state index contributed by atoms with van der Waals surface area (Å²) in [5.74, 6) is -0.731. The molecule has 3 fully saturated rings. The van der Waals surface area contributed by atoms with Gasteiger partial charge >= 0.3 is 6.03 Å². The van der Waals surface area contributed by atoms with E-state index >= 15 is 0 Å². The Kier molecular flexibility index (Phi) is 4.10. The summed E-state index contributed by atoms with van der Waals surface area (Å²) in [6.07, 6.45) is 3.38. The molecule has 2 spiro atoms. The van der Waals surface area contributed by atoms with Crippen LogP contribution in [0.15, 0.2) is 0 Å². The normalized spacial score (nSPS) is 27.5. The highest BCUT2D eigenvalue weighted by Gasteiger charge is 2.53. The van der Waals surface area contributed by atoms with E-state index in [1.54, 1.807) is 0 Å². The number of amides is 3. The molecule has 3 aliphatic rings. The van der Waals surface area contributed by atoms with E-state index in [4.69, 9.17) is 9.47 Å². The molecule has 0 aromatic carbocycles. The highest BCUT2D eigenvalue weighted by atomic mass is 16.7. The molecule has 6 nitrogen and oxygen atoms in total. The molecule has 19 heavy (non-hydrogen) atoms. The summed E-state index contributed by atoms with van der Waals surface area (Å²) < 4.78 is 11.4. The summed E-state index contributed by atoms with van der Waals surface area (Å²) in [6.45, 7) is 5.43. The van der Waals surface area contributed by atoms with Crippen LogP contribution in [0, 0.1) is 0 Å². The third-order valence-corrected chi connectivity index (χ3v) is 3.90. The van der Waals surface area contributed by atoms with Gasteiger partial charge in [0, 0.05) is 12.8 Å². The van der Waals surface area contributed by atoms with Gasteiger partial charge in [0.05, 0.1) is 13.2 Å². The Labute approximate surface area is 113 Å². The van der Waals surface area contributed by atoms with Gasteiger partial charge in [0.1, 0.15) is 5.54 Å². The Bertz CT molecular complexity index is 354. The van der Waals surface area contributed by atoms with E-state index in [1.165, 1.54) is 0 Å². The summed E-state index contributed by atoms with van der Waals surface area (Å²) in [5.41, 5.74) is -0.730. The summed E-state index contributed by atoms with van der Waals surface area (Å²) >= 11 is 0. The lowest BCUT2D eigenvalue weighted by atomic mass is 9.78. The SMILES string of the molecule is CC.O=C1NC(=O)C2(CCC3(CC2)OCCCO3)N1. The van der Waals surface area contributed by atoms with Gasteiger partial charge in [-0.15, -0.1) is 0 Å². The van der Waals surface area contributed by atoms with E-state index < -0.39 is 17.4 Å². The molecule has 0 unspecified atom stereocenters. The van der Waals surface area contributed by atoms with E-state index in [1.807, 2.05) is 13.8 Å². The van der Waals surface area contributed by atoms with Crippen molar-refractivity contribution in [3.63, 3.8) is 0 Å². The topological polar surface area (TPSA) is 76.7 Å². The largest absolute Gasteiger partial charge is 0.350 e.